The molecule has 0 bridgehead atoms. The van der Waals surface area contributed by atoms with Crippen LogP contribution < -0.4 is 11.1 Å². The van der Waals surface area contributed by atoms with Crippen molar-refractivity contribution in [3.8, 4) is 0 Å². The Hall–Kier alpha value is -1.34. The highest BCUT2D eigenvalue weighted by molar-refractivity contribution is 7.18. The van der Waals surface area contributed by atoms with Crippen molar-refractivity contribution in [3.05, 3.63) is 4.88 Å². The first-order chi connectivity index (χ1) is 9.45. The summed E-state index contributed by atoms with van der Waals surface area (Å²) in [5, 5.41) is 12.5. The summed E-state index contributed by atoms with van der Waals surface area (Å²) in [5.41, 5.74) is 5.81. The number of nitrogens with two attached hydrogens (primary N) is 1. The van der Waals surface area contributed by atoms with Crippen molar-refractivity contribution in [1.82, 2.24) is 9.88 Å². The Balaban J connectivity index is 2.59. The highest BCUT2D eigenvalue weighted by Crippen LogP contribution is 2.26. The molecule has 6 nitrogen and oxygen atoms in total. The Morgan fingerprint density at radius 1 is 1.45 bits per heavy atom. The van der Waals surface area contributed by atoms with E-state index in [0.717, 1.165) is 19.3 Å². The van der Waals surface area contributed by atoms with Crippen LogP contribution in [-0.4, -0.2) is 47.1 Å². The van der Waals surface area contributed by atoms with Crippen LogP contribution in [0.1, 0.15) is 42.8 Å². The van der Waals surface area contributed by atoms with E-state index in [1.54, 1.807) is 11.9 Å². The first kappa shape index (κ1) is 16.7. The predicted molar refractivity (Wildman–Crippen MR) is 83.2 cm³/mol. The van der Waals surface area contributed by atoms with E-state index >= 15 is 0 Å². The Morgan fingerprint density at radius 2 is 2.15 bits per heavy atom. The van der Waals surface area contributed by atoms with Gasteiger partial charge in [-0.15, -0.1) is 0 Å². The highest BCUT2D eigenvalue weighted by Gasteiger charge is 2.19. The number of rotatable bonds is 8. The molecule has 0 fully saturated rings. The van der Waals surface area contributed by atoms with Gasteiger partial charge in [-0.05, 0) is 33.1 Å². The molecule has 1 heterocycles. The molecular formula is C13H24N4O2S. The predicted octanol–water partition coefficient (Wildman–Crippen LogP) is 1.78. The molecule has 7 heteroatoms. The van der Waals surface area contributed by atoms with Gasteiger partial charge in [0, 0.05) is 26.2 Å². The van der Waals surface area contributed by atoms with Gasteiger partial charge in [-0.25, -0.2) is 4.98 Å². The van der Waals surface area contributed by atoms with E-state index in [2.05, 4.69) is 10.3 Å². The second kappa shape index (κ2) is 8.06. The van der Waals surface area contributed by atoms with Crippen molar-refractivity contribution in [3.63, 3.8) is 0 Å². The second-order valence-corrected chi connectivity index (χ2v) is 6.04. The molecule has 0 atom stereocenters. The maximum absolute atomic E-state index is 12.3. The number of unbranched alkanes of at least 4 members (excludes halogenated alkanes) is 2. The summed E-state index contributed by atoms with van der Waals surface area (Å²) in [6.45, 7) is 4.87. The molecule has 0 spiro atoms. The van der Waals surface area contributed by atoms with Crippen LogP contribution >= 0.6 is 11.3 Å². The van der Waals surface area contributed by atoms with E-state index in [4.69, 9.17) is 10.8 Å². The number of hydrogen-bond donors (Lipinski definition) is 3. The summed E-state index contributed by atoms with van der Waals surface area (Å²) in [7, 11) is 1.76. The standard InChI is InChI=1S/C13H24N4O2S/c1-9(2)15-13-16-11(14)10(20-13)12(19)17(3)7-5-4-6-8-18/h9,18H,4-8,14H2,1-3H3,(H,15,16). The van der Waals surface area contributed by atoms with Crippen LogP contribution in [0.4, 0.5) is 10.9 Å². The number of amides is 1. The van der Waals surface area contributed by atoms with E-state index in [1.807, 2.05) is 13.8 Å². The first-order valence-electron chi connectivity index (χ1n) is 6.84. The van der Waals surface area contributed by atoms with Crippen LogP contribution in [0, 0.1) is 0 Å². The fraction of sp³-hybridized carbons (Fsp3) is 0.692. The number of aromatic nitrogens is 1. The molecule has 4 N–H and O–H groups in total. The van der Waals surface area contributed by atoms with Crippen LogP contribution in [0.15, 0.2) is 0 Å². The maximum atomic E-state index is 12.3. The van der Waals surface area contributed by atoms with Crippen LogP contribution in [-0.2, 0) is 0 Å². The number of thiazole rings is 1. The third-order valence-corrected chi connectivity index (χ3v) is 3.75. The first-order valence-corrected chi connectivity index (χ1v) is 7.66. The van der Waals surface area contributed by atoms with Crippen LogP contribution in [0.25, 0.3) is 0 Å². The van der Waals surface area contributed by atoms with E-state index in [9.17, 15) is 4.79 Å². The van der Waals surface area contributed by atoms with Gasteiger partial charge in [0.25, 0.3) is 5.91 Å². The lowest BCUT2D eigenvalue weighted by Gasteiger charge is -2.16. The summed E-state index contributed by atoms with van der Waals surface area (Å²) in [5.74, 6) is 0.186. The third kappa shape index (κ3) is 4.97. The number of nitrogen functional groups attached to an aromatic ring is 1. The molecule has 0 aliphatic heterocycles. The number of aliphatic hydroxyl groups is 1. The molecule has 1 aromatic rings. The number of nitrogens with one attached hydrogen (secondary N) is 1. The van der Waals surface area contributed by atoms with Gasteiger partial charge in [0.05, 0.1) is 0 Å². The number of carbonyl (C=O) groups excluding carboxylic acids is 1. The molecule has 0 saturated carbocycles. The van der Waals surface area contributed by atoms with Crippen LogP contribution in [0.5, 0.6) is 0 Å². The van der Waals surface area contributed by atoms with Crippen molar-refractivity contribution >= 4 is 28.2 Å². The number of carbonyl (C=O) groups is 1. The number of hydrogen-bond acceptors (Lipinski definition) is 6. The summed E-state index contributed by atoms with van der Waals surface area (Å²) in [4.78, 5) is 18.6. The summed E-state index contributed by atoms with van der Waals surface area (Å²) in [6, 6.07) is 0.250. The van der Waals surface area contributed by atoms with Crippen LogP contribution in [0.2, 0.25) is 0 Å². The topological polar surface area (TPSA) is 91.5 Å². The van der Waals surface area contributed by atoms with E-state index in [0.29, 0.717) is 16.6 Å². The zero-order chi connectivity index (χ0) is 15.1. The Morgan fingerprint density at radius 3 is 2.75 bits per heavy atom. The summed E-state index contributed by atoms with van der Waals surface area (Å²) < 4.78 is 0. The Labute approximate surface area is 124 Å². The molecular weight excluding hydrogens is 276 g/mol. The lowest BCUT2D eigenvalue weighted by atomic mass is 10.2. The van der Waals surface area contributed by atoms with Gasteiger partial charge in [0.15, 0.2) is 5.13 Å². The normalized spacial score (nSPS) is 10.8. The van der Waals surface area contributed by atoms with Gasteiger partial charge in [-0.1, -0.05) is 11.3 Å². The Bertz CT molecular complexity index is 434. The monoisotopic (exact) mass is 300 g/mol. The fourth-order valence-electron chi connectivity index (χ4n) is 1.71. The van der Waals surface area contributed by atoms with Gasteiger partial charge in [0.1, 0.15) is 10.7 Å². The number of nitrogens with zero attached hydrogens (tertiary/aromatic N) is 2. The van der Waals surface area contributed by atoms with E-state index in [1.165, 1.54) is 11.3 Å². The van der Waals surface area contributed by atoms with Gasteiger partial charge in [-0.2, -0.15) is 0 Å². The molecule has 0 radical (unpaired) electrons. The zero-order valence-corrected chi connectivity index (χ0v) is 13.2. The third-order valence-electron chi connectivity index (χ3n) is 2.76. The van der Waals surface area contributed by atoms with Gasteiger partial charge in [0.2, 0.25) is 0 Å². The molecule has 0 unspecified atom stereocenters. The van der Waals surface area contributed by atoms with Crippen molar-refractivity contribution < 1.29 is 9.90 Å². The molecule has 1 aromatic heterocycles. The van der Waals surface area contributed by atoms with E-state index < -0.39 is 0 Å². The van der Waals surface area contributed by atoms with Crippen molar-refractivity contribution in [2.75, 3.05) is 31.2 Å². The van der Waals surface area contributed by atoms with Crippen molar-refractivity contribution in [2.45, 2.75) is 39.2 Å². The minimum atomic E-state index is -0.0965. The molecule has 0 aliphatic carbocycles. The summed E-state index contributed by atoms with van der Waals surface area (Å²) in [6.07, 6.45) is 2.55. The average molecular weight is 300 g/mol. The molecule has 114 valence electrons. The van der Waals surface area contributed by atoms with Crippen LogP contribution in [0.3, 0.4) is 0 Å². The number of anilines is 2. The second-order valence-electron chi connectivity index (χ2n) is 5.04. The average Bonchev–Trinajstić information content (AvgIpc) is 2.73. The fourth-order valence-corrected chi connectivity index (χ4v) is 2.73. The van der Waals surface area contributed by atoms with Crippen molar-refractivity contribution in [2.24, 2.45) is 0 Å². The highest BCUT2D eigenvalue weighted by atomic mass is 32.1. The SMILES string of the molecule is CC(C)Nc1nc(N)c(C(=O)N(C)CCCCCO)s1. The zero-order valence-electron chi connectivity index (χ0n) is 12.3. The minimum absolute atomic E-state index is 0.0965. The lowest BCUT2D eigenvalue weighted by molar-refractivity contribution is 0.0797. The maximum Gasteiger partial charge on any atom is 0.267 e. The summed E-state index contributed by atoms with van der Waals surface area (Å²) >= 11 is 1.29. The largest absolute Gasteiger partial charge is 0.396 e. The van der Waals surface area contributed by atoms with E-state index in [-0.39, 0.29) is 24.4 Å². The molecule has 0 saturated heterocycles. The molecule has 0 aliphatic rings. The smallest absolute Gasteiger partial charge is 0.267 e. The van der Waals surface area contributed by atoms with Crippen molar-refractivity contribution in [1.29, 1.82) is 0 Å². The molecule has 20 heavy (non-hydrogen) atoms. The van der Waals surface area contributed by atoms with Gasteiger partial charge >= 0.3 is 0 Å². The lowest BCUT2D eigenvalue weighted by Crippen LogP contribution is -2.27. The number of aliphatic hydroxyl groups excluding tert-OH is 1. The van der Waals surface area contributed by atoms with Gasteiger partial charge < -0.3 is 21.1 Å². The Kier molecular flexibility index (Phi) is 6.74. The quantitative estimate of drug-likeness (QED) is 0.637. The molecule has 1 rings (SSSR count). The minimum Gasteiger partial charge on any atom is -0.396 e. The molecule has 1 amide bonds. The van der Waals surface area contributed by atoms with Gasteiger partial charge in [-0.3, -0.25) is 4.79 Å². The molecule has 0 aromatic carbocycles.